The van der Waals surface area contributed by atoms with Gasteiger partial charge < -0.3 is 20.5 Å². The highest BCUT2D eigenvalue weighted by Gasteiger charge is 2.44. The van der Waals surface area contributed by atoms with Gasteiger partial charge in [0.1, 0.15) is 0 Å². The van der Waals surface area contributed by atoms with Crippen molar-refractivity contribution in [3.8, 4) is 0 Å². The first kappa shape index (κ1) is 9.40. The number of nitrogens with two attached hydrogens (primary N) is 1. The van der Waals surface area contributed by atoms with Crippen LogP contribution in [0.3, 0.4) is 0 Å². The van der Waals surface area contributed by atoms with Crippen LogP contribution in [0, 0.1) is 5.92 Å². The Hall–Kier alpha value is -0.160. The molecule has 76 valence electrons. The van der Waals surface area contributed by atoms with Crippen molar-refractivity contribution in [2.75, 3.05) is 26.2 Å². The lowest BCUT2D eigenvalue weighted by molar-refractivity contribution is -0.185. The molecule has 0 aromatic heterocycles. The van der Waals surface area contributed by atoms with E-state index in [0.717, 1.165) is 19.5 Å². The standard InChI is InChI=1S/C9H18N2O2/c1-9(7-2-3-11-5-7)12-6-8(4-10)13-9/h7-8,11H,2-6,10H2,1H3. The molecule has 2 saturated heterocycles. The van der Waals surface area contributed by atoms with Gasteiger partial charge in [0, 0.05) is 19.0 Å². The molecule has 3 atom stereocenters. The molecule has 0 aromatic rings. The van der Waals surface area contributed by atoms with E-state index in [4.69, 9.17) is 15.2 Å². The maximum absolute atomic E-state index is 5.79. The van der Waals surface area contributed by atoms with Gasteiger partial charge in [-0.15, -0.1) is 0 Å². The molecule has 2 aliphatic rings. The van der Waals surface area contributed by atoms with E-state index in [1.54, 1.807) is 0 Å². The summed E-state index contributed by atoms with van der Waals surface area (Å²) in [7, 11) is 0. The van der Waals surface area contributed by atoms with E-state index in [-0.39, 0.29) is 6.10 Å². The quantitative estimate of drug-likeness (QED) is 0.621. The maximum Gasteiger partial charge on any atom is 0.170 e. The van der Waals surface area contributed by atoms with E-state index < -0.39 is 5.79 Å². The van der Waals surface area contributed by atoms with Crippen LogP contribution in [-0.4, -0.2) is 38.1 Å². The second kappa shape index (κ2) is 3.53. The Morgan fingerprint density at radius 2 is 2.46 bits per heavy atom. The molecule has 2 heterocycles. The van der Waals surface area contributed by atoms with E-state index in [1.807, 2.05) is 6.92 Å². The van der Waals surface area contributed by atoms with Gasteiger partial charge >= 0.3 is 0 Å². The van der Waals surface area contributed by atoms with Gasteiger partial charge in [0.05, 0.1) is 12.7 Å². The van der Waals surface area contributed by atoms with Crippen molar-refractivity contribution in [1.29, 1.82) is 0 Å². The lowest BCUT2D eigenvalue weighted by Crippen LogP contribution is -2.38. The average molecular weight is 186 g/mol. The van der Waals surface area contributed by atoms with Crippen LogP contribution in [0.1, 0.15) is 13.3 Å². The topological polar surface area (TPSA) is 56.5 Å². The van der Waals surface area contributed by atoms with Gasteiger partial charge in [-0.05, 0) is 19.9 Å². The van der Waals surface area contributed by atoms with Crippen LogP contribution in [0.5, 0.6) is 0 Å². The van der Waals surface area contributed by atoms with Gasteiger partial charge in [-0.3, -0.25) is 0 Å². The first-order valence-electron chi connectivity index (χ1n) is 4.97. The molecular weight excluding hydrogens is 168 g/mol. The normalized spacial score (nSPS) is 45.7. The van der Waals surface area contributed by atoms with Gasteiger partial charge in [0.25, 0.3) is 0 Å². The minimum atomic E-state index is -0.395. The molecule has 2 fully saturated rings. The molecule has 3 unspecified atom stereocenters. The van der Waals surface area contributed by atoms with Crippen LogP contribution in [0.25, 0.3) is 0 Å². The van der Waals surface area contributed by atoms with E-state index in [1.165, 1.54) is 0 Å². The number of rotatable bonds is 2. The highest BCUT2D eigenvalue weighted by atomic mass is 16.7. The number of hydrogen-bond donors (Lipinski definition) is 2. The Morgan fingerprint density at radius 3 is 3.00 bits per heavy atom. The summed E-state index contributed by atoms with van der Waals surface area (Å²) in [5.41, 5.74) is 5.53. The summed E-state index contributed by atoms with van der Waals surface area (Å²) in [6, 6.07) is 0. The van der Waals surface area contributed by atoms with Gasteiger partial charge in [-0.1, -0.05) is 0 Å². The third-order valence-electron chi connectivity index (χ3n) is 3.02. The zero-order valence-corrected chi connectivity index (χ0v) is 8.08. The first-order chi connectivity index (χ1) is 6.24. The number of ether oxygens (including phenoxy) is 2. The van der Waals surface area contributed by atoms with E-state index in [9.17, 15) is 0 Å². The van der Waals surface area contributed by atoms with Gasteiger partial charge in [-0.2, -0.15) is 0 Å². The van der Waals surface area contributed by atoms with E-state index >= 15 is 0 Å². The summed E-state index contributed by atoms with van der Waals surface area (Å²) < 4.78 is 11.5. The number of hydrogen-bond acceptors (Lipinski definition) is 4. The minimum Gasteiger partial charge on any atom is -0.347 e. The molecule has 0 saturated carbocycles. The second-order valence-electron chi connectivity index (χ2n) is 3.99. The van der Waals surface area contributed by atoms with Crippen LogP contribution in [0.4, 0.5) is 0 Å². The molecule has 0 radical (unpaired) electrons. The van der Waals surface area contributed by atoms with Crippen LogP contribution in [0.2, 0.25) is 0 Å². The second-order valence-corrected chi connectivity index (χ2v) is 3.99. The van der Waals surface area contributed by atoms with Crippen LogP contribution >= 0.6 is 0 Å². The fourth-order valence-electron chi connectivity index (χ4n) is 2.09. The first-order valence-corrected chi connectivity index (χ1v) is 4.97. The Kier molecular flexibility index (Phi) is 2.55. The lowest BCUT2D eigenvalue weighted by Gasteiger charge is -2.29. The van der Waals surface area contributed by atoms with Gasteiger partial charge in [0.15, 0.2) is 5.79 Å². The average Bonchev–Trinajstić information content (AvgIpc) is 2.72. The molecule has 0 aromatic carbocycles. The molecular formula is C9H18N2O2. The SMILES string of the molecule is CC1(C2CCNC2)OCC(CN)O1. The summed E-state index contributed by atoms with van der Waals surface area (Å²) >= 11 is 0. The van der Waals surface area contributed by atoms with Crippen molar-refractivity contribution in [1.82, 2.24) is 5.32 Å². The van der Waals surface area contributed by atoms with E-state index in [0.29, 0.717) is 19.1 Å². The van der Waals surface area contributed by atoms with Gasteiger partial charge in [0.2, 0.25) is 0 Å². The smallest absolute Gasteiger partial charge is 0.170 e. The summed E-state index contributed by atoms with van der Waals surface area (Å²) in [5, 5.41) is 3.32. The van der Waals surface area contributed by atoms with Crippen molar-refractivity contribution < 1.29 is 9.47 Å². The van der Waals surface area contributed by atoms with Crippen LogP contribution < -0.4 is 11.1 Å². The van der Waals surface area contributed by atoms with Crippen molar-refractivity contribution in [2.45, 2.75) is 25.2 Å². The molecule has 0 amide bonds. The molecule has 0 aliphatic carbocycles. The van der Waals surface area contributed by atoms with Gasteiger partial charge in [-0.25, -0.2) is 0 Å². The van der Waals surface area contributed by atoms with Crippen molar-refractivity contribution >= 4 is 0 Å². The van der Waals surface area contributed by atoms with Crippen molar-refractivity contribution in [2.24, 2.45) is 11.7 Å². The third kappa shape index (κ3) is 1.72. The molecule has 3 N–H and O–H groups in total. The summed E-state index contributed by atoms with van der Waals surface area (Å²) in [6.45, 7) is 5.29. The largest absolute Gasteiger partial charge is 0.347 e. The van der Waals surface area contributed by atoms with Crippen LogP contribution in [0.15, 0.2) is 0 Å². The minimum absolute atomic E-state index is 0.0885. The predicted octanol–water partition coefficient (Wildman–Crippen LogP) is -0.314. The Morgan fingerprint density at radius 1 is 1.62 bits per heavy atom. The van der Waals surface area contributed by atoms with Crippen LogP contribution in [-0.2, 0) is 9.47 Å². The van der Waals surface area contributed by atoms with Crippen molar-refractivity contribution in [3.63, 3.8) is 0 Å². The number of nitrogens with one attached hydrogen (secondary N) is 1. The maximum atomic E-state index is 5.79. The monoisotopic (exact) mass is 186 g/mol. The zero-order chi connectivity index (χ0) is 9.31. The predicted molar refractivity (Wildman–Crippen MR) is 49.3 cm³/mol. The molecule has 4 nitrogen and oxygen atoms in total. The third-order valence-corrected chi connectivity index (χ3v) is 3.02. The molecule has 13 heavy (non-hydrogen) atoms. The molecule has 0 spiro atoms. The molecule has 4 heteroatoms. The fourth-order valence-corrected chi connectivity index (χ4v) is 2.09. The molecule has 2 aliphatic heterocycles. The van der Waals surface area contributed by atoms with E-state index in [2.05, 4.69) is 5.32 Å². The lowest BCUT2D eigenvalue weighted by atomic mass is 9.99. The fraction of sp³-hybridized carbons (Fsp3) is 1.00. The summed E-state index contributed by atoms with van der Waals surface area (Å²) in [5.74, 6) is 0.0807. The zero-order valence-electron chi connectivity index (χ0n) is 8.08. The molecule has 2 rings (SSSR count). The molecule has 0 bridgehead atoms. The Bertz CT molecular complexity index is 182. The Balaban J connectivity index is 1.96. The summed E-state index contributed by atoms with van der Waals surface area (Å²) in [4.78, 5) is 0. The highest BCUT2D eigenvalue weighted by Crippen LogP contribution is 2.33. The Labute approximate surface area is 78.8 Å². The summed E-state index contributed by atoms with van der Waals surface area (Å²) in [6.07, 6.45) is 1.22. The highest BCUT2D eigenvalue weighted by molar-refractivity contribution is 4.87. The van der Waals surface area contributed by atoms with Crippen molar-refractivity contribution in [3.05, 3.63) is 0 Å².